The van der Waals surface area contributed by atoms with Gasteiger partial charge in [-0.3, -0.25) is 4.79 Å². The van der Waals surface area contributed by atoms with E-state index in [2.05, 4.69) is 52.2 Å². The van der Waals surface area contributed by atoms with E-state index in [0.717, 1.165) is 17.7 Å². The van der Waals surface area contributed by atoms with Gasteiger partial charge in [-0.2, -0.15) is 0 Å². The fourth-order valence-corrected chi connectivity index (χ4v) is 7.16. The van der Waals surface area contributed by atoms with Gasteiger partial charge < -0.3 is 25.4 Å². The third-order valence-electron chi connectivity index (χ3n) is 9.42. The second kappa shape index (κ2) is 11.1. The number of aliphatic hydroxyl groups is 3. The third-order valence-corrected chi connectivity index (χ3v) is 9.42. The molecule has 4 unspecified atom stereocenters. The van der Waals surface area contributed by atoms with Crippen LogP contribution < -0.4 is 10.1 Å². The summed E-state index contributed by atoms with van der Waals surface area (Å²) in [5.74, 6) is -0.746. The molecule has 2 aliphatic carbocycles. The first kappa shape index (κ1) is 29.2. The van der Waals surface area contributed by atoms with Crippen molar-refractivity contribution in [3.05, 3.63) is 66.8 Å². The number of rotatable bonds is 10. The number of hydrogen-bond donors (Lipinski definition) is 4. The Morgan fingerprint density at radius 1 is 1.08 bits per heavy atom. The maximum absolute atomic E-state index is 13.7. The number of amides is 1. The van der Waals surface area contributed by atoms with E-state index in [1.807, 2.05) is 24.3 Å². The van der Waals surface area contributed by atoms with Crippen LogP contribution in [0.4, 0.5) is 0 Å². The molecule has 1 aromatic carbocycles. The number of methoxy groups -OCH3 is 1. The van der Waals surface area contributed by atoms with Gasteiger partial charge in [-0.25, -0.2) is 0 Å². The minimum absolute atomic E-state index is 0.0679. The zero-order valence-electron chi connectivity index (χ0n) is 23.0. The first-order chi connectivity index (χ1) is 17.4. The molecule has 6 nitrogen and oxygen atoms in total. The van der Waals surface area contributed by atoms with Gasteiger partial charge in [0.2, 0.25) is 5.91 Å². The fraction of sp³-hybridized carbons (Fsp3) is 0.581. The second-order valence-corrected chi connectivity index (χ2v) is 11.8. The van der Waals surface area contributed by atoms with E-state index in [0.29, 0.717) is 19.3 Å². The van der Waals surface area contributed by atoms with Gasteiger partial charge in [0.15, 0.2) is 0 Å². The molecule has 0 aliphatic heterocycles. The molecule has 0 aromatic heterocycles. The third kappa shape index (κ3) is 4.80. The first-order valence-corrected chi connectivity index (χ1v) is 13.2. The highest BCUT2D eigenvalue weighted by molar-refractivity contribution is 5.80. The summed E-state index contributed by atoms with van der Waals surface area (Å²) < 4.78 is 5.20. The summed E-state index contributed by atoms with van der Waals surface area (Å²) in [7, 11) is 1.60. The van der Waals surface area contributed by atoms with E-state index >= 15 is 0 Å². The van der Waals surface area contributed by atoms with Crippen molar-refractivity contribution in [1.29, 1.82) is 0 Å². The number of hydrogen-bond acceptors (Lipinski definition) is 5. The highest BCUT2D eigenvalue weighted by atomic mass is 16.5. The minimum Gasteiger partial charge on any atom is -0.497 e. The van der Waals surface area contributed by atoms with Crippen LogP contribution in [-0.4, -0.2) is 46.6 Å². The average molecular weight is 512 g/mol. The van der Waals surface area contributed by atoms with Crippen LogP contribution in [0.5, 0.6) is 5.75 Å². The Balaban J connectivity index is 2.05. The van der Waals surface area contributed by atoms with Crippen molar-refractivity contribution >= 4 is 5.91 Å². The first-order valence-electron chi connectivity index (χ1n) is 13.2. The molecule has 204 valence electrons. The van der Waals surface area contributed by atoms with Gasteiger partial charge in [-0.15, -0.1) is 13.2 Å². The molecular formula is C31H45NO5. The quantitative estimate of drug-likeness (QED) is 0.346. The SMILES string of the molecule is C=CC[C@@]12C[C@@H](CC=C(C)C)C(C)(C)[C@@](CC=C)(C(O)C(C(=O)NCc3ccc(OC)cc3)C1O)C2O. The van der Waals surface area contributed by atoms with Crippen molar-refractivity contribution in [3.8, 4) is 5.75 Å². The highest BCUT2D eigenvalue weighted by Gasteiger charge is 2.74. The van der Waals surface area contributed by atoms with Crippen molar-refractivity contribution in [3.63, 3.8) is 0 Å². The zero-order chi connectivity index (χ0) is 27.6. The molecule has 7 atom stereocenters. The molecule has 2 fully saturated rings. The lowest BCUT2D eigenvalue weighted by atomic mass is 9.36. The largest absolute Gasteiger partial charge is 0.497 e. The van der Waals surface area contributed by atoms with Gasteiger partial charge >= 0.3 is 0 Å². The summed E-state index contributed by atoms with van der Waals surface area (Å²) in [4.78, 5) is 13.7. The van der Waals surface area contributed by atoms with Crippen molar-refractivity contribution in [2.24, 2.45) is 28.1 Å². The molecule has 4 N–H and O–H groups in total. The molecule has 2 bridgehead atoms. The summed E-state index contributed by atoms with van der Waals surface area (Å²) in [6, 6.07) is 7.36. The van der Waals surface area contributed by atoms with Gasteiger partial charge in [-0.1, -0.05) is 49.8 Å². The fourth-order valence-electron chi connectivity index (χ4n) is 7.16. The number of carbonyl (C=O) groups is 1. The van der Waals surface area contributed by atoms with Crippen LogP contribution in [0.2, 0.25) is 0 Å². The Morgan fingerprint density at radius 3 is 2.24 bits per heavy atom. The zero-order valence-corrected chi connectivity index (χ0v) is 23.0. The van der Waals surface area contributed by atoms with Gasteiger partial charge in [0.05, 0.1) is 31.3 Å². The number of aliphatic hydroxyl groups excluding tert-OH is 3. The molecule has 1 aromatic rings. The number of ether oxygens (including phenoxy) is 1. The van der Waals surface area contributed by atoms with Crippen molar-refractivity contribution in [2.45, 2.75) is 78.2 Å². The number of fused-ring (bicyclic) bond motifs is 2. The number of carbonyl (C=O) groups excluding carboxylic acids is 1. The lowest BCUT2D eigenvalue weighted by Crippen LogP contribution is -2.77. The van der Waals surface area contributed by atoms with E-state index in [1.165, 1.54) is 5.57 Å². The summed E-state index contributed by atoms with van der Waals surface area (Å²) in [5.41, 5.74) is -0.567. The summed E-state index contributed by atoms with van der Waals surface area (Å²) >= 11 is 0. The number of benzene rings is 1. The molecule has 2 aliphatic rings. The predicted octanol–water partition coefficient (Wildman–Crippen LogP) is 4.55. The Bertz CT molecular complexity index is 1010. The van der Waals surface area contributed by atoms with E-state index in [1.54, 1.807) is 19.3 Å². The molecular weight excluding hydrogens is 466 g/mol. The van der Waals surface area contributed by atoms with Crippen LogP contribution in [0.15, 0.2) is 61.2 Å². The molecule has 0 heterocycles. The maximum Gasteiger partial charge on any atom is 0.228 e. The Labute approximate surface area is 222 Å². The van der Waals surface area contributed by atoms with E-state index in [4.69, 9.17) is 4.74 Å². The van der Waals surface area contributed by atoms with Crippen LogP contribution >= 0.6 is 0 Å². The standard InChI is InChI=1S/C31H45NO5/c1-8-16-30-18-22(13-10-20(3)4)29(5,6)31(17-9-2,28(30)36)26(34)24(25(30)33)27(35)32-19-21-11-14-23(37-7)15-12-21/h8-12,14-15,22,24-26,28,33-34,36H,1-2,13,16-19H2,3-7H3,(H,32,35)/t22-,24?,25?,26?,28?,30-,31+/m1/s1. The van der Waals surface area contributed by atoms with Crippen LogP contribution in [0, 0.1) is 28.1 Å². The molecule has 0 saturated heterocycles. The van der Waals surface area contributed by atoms with E-state index < -0.39 is 46.4 Å². The van der Waals surface area contributed by atoms with Gasteiger partial charge in [0, 0.05) is 17.4 Å². The molecule has 6 heteroatoms. The number of nitrogens with one attached hydrogen (secondary N) is 1. The van der Waals surface area contributed by atoms with E-state index in [9.17, 15) is 20.1 Å². The van der Waals surface area contributed by atoms with Crippen LogP contribution in [0.25, 0.3) is 0 Å². The van der Waals surface area contributed by atoms with Gasteiger partial charge in [-0.05, 0) is 68.6 Å². The Kier molecular flexibility index (Phi) is 8.78. The minimum atomic E-state index is -1.27. The normalized spacial score (nSPS) is 34.2. The molecule has 37 heavy (non-hydrogen) atoms. The molecule has 2 saturated carbocycles. The Hall–Kier alpha value is -2.41. The maximum atomic E-state index is 13.7. The van der Waals surface area contributed by atoms with Gasteiger partial charge in [0.1, 0.15) is 5.75 Å². The van der Waals surface area contributed by atoms with Crippen molar-refractivity contribution in [2.75, 3.05) is 7.11 Å². The lowest BCUT2D eigenvalue weighted by Gasteiger charge is -2.70. The lowest BCUT2D eigenvalue weighted by molar-refractivity contribution is -0.307. The number of allylic oxidation sites excluding steroid dienone is 4. The monoisotopic (exact) mass is 511 g/mol. The molecule has 0 radical (unpaired) electrons. The van der Waals surface area contributed by atoms with Crippen LogP contribution in [0.1, 0.15) is 58.9 Å². The van der Waals surface area contributed by atoms with Gasteiger partial charge in [0.25, 0.3) is 0 Å². The van der Waals surface area contributed by atoms with Crippen molar-refractivity contribution in [1.82, 2.24) is 5.32 Å². The van der Waals surface area contributed by atoms with Crippen LogP contribution in [0.3, 0.4) is 0 Å². The smallest absolute Gasteiger partial charge is 0.228 e. The molecule has 0 spiro atoms. The van der Waals surface area contributed by atoms with Crippen molar-refractivity contribution < 1.29 is 24.9 Å². The highest BCUT2D eigenvalue weighted by Crippen LogP contribution is 2.69. The summed E-state index contributed by atoms with van der Waals surface area (Å²) in [6.45, 7) is 16.4. The summed E-state index contributed by atoms with van der Waals surface area (Å²) in [5, 5.41) is 38.7. The van der Waals surface area contributed by atoms with E-state index in [-0.39, 0.29) is 12.5 Å². The van der Waals surface area contributed by atoms with Crippen LogP contribution in [-0.2, 0) is 11.3 Å². The molecule has 1 amide bonds. The summed E-state index contributed by atoms with van der Waals surface area (Å²) in [6.07, 6.45) is 4.01. The topological polar surface area (TPSA) is 99.0 Å². The average Bonchev–Trinajstić information content (AvgIpc) is 2.85. The predicted molar refractivity (Wildman–Crippen MR) is 147 cm³/mol. The molecule has 3 rings (SSSR count). The second-order valence-electron chi connectivity index (χ2n) is 11.8. The Morgan fingerprint density at radius 2 is 1.70 bits per heavy atom.